The Balaban J connectivity index is 1.99. The topological polar surface area (TPSA) is 62.7 Å². The lowest BCUT2D eigenvalue weighted by Gasteiger charge is -2.41. The summed E-state index contributed by atoms with van der Waals surface area (Å²) in [6.45, 7) is 8.48. The van der Waals surface area contributed by atoms with E-state index >= 15 is 0 Å². The maximum absolute atomic E-state index is 12.1. The molecular weight excluding hydrogens is 368 g/mol. The van der Waals surface area contributed by atoms with Crippen LogP contribution in [0.25, 0.3) is 0 Å². The Morgan fingerprint density at radius 2 is 2.09 bits per heavy atom. The first-order chi connectivity index (χ1) is 10.1. The van der Waals surface area contributed by atoms with E-state index in [9.17, 15) is 9.90 Å². The Hall–Kier alpha value is -0.660. The first-order valence-corrected chi connectivity index (χ1v) is 9.13. The van der Waals surface area contributed by atoms with E-state index in [-0.39, 0.29) is 10.9 Å². The number of hydrogen-bond donors (Lipinski definition) is 1. The molecule has 1 aromatic rings. The monoisotopic (exact) mass is 390 g/mol. The molecule has 1 amide bonds. The fourth-order valence-corrected chi connectivity index (χ4v) is 4.32. The fraction of sp³-hybridized carbons (Fsp3) is 0.733. The number of aliphatic hydroxyl groups is 1. The second-order valence-electron chi connectivity index (χ2n) is 6.79. The van der Waals surface area contributed by atoms with Gasteiger partial charge in [0.25, 0.3) is 0 Å². The van der Waals surface area contributed by atoms with E-state index in [2.05, 4.69) is 20.3 Å². The number of rotatable bonds is 2. The average Bonchev–Trinajstić information content (AvgIpc) is 2.82. The molecule has 1 aliphatic heterocycles. The van der Waals surface area contributed by atoms with Gasteiger partial charge in [-0.3, -0.25) is 0 Å². The third-order valence-corrected chi connectivity index (χ3v) is 5.90. The van der Waals surface area contributed by atoms with Crippen LogP contribution in [0.5, 0.6) is 0 Å². The molecule has 2 heterocycles. The van der Waals surface area contributed by atoms with Crippen molar-refractivity contribution in [3.8, 4) is 0 Å². The van der Waals surface area contributed by atoms with Crippen molar-refractivity contribution in [1.82, 2.24) is 9.27 Å². The van der Waals surface area contributed by atoms with Crippen LogP contribution in [-0.4, -0.2) is 44.8 Å². The van der Waals surface area contributed by atoms with Crippen molar-refractivity contribution >= 4 is 33.6 Å². The van der Waals surface area contributed by atoms with Crippen LogP contribution in [0, 0.1) is 6.92 Å². The second-order valence-corrected chi connectivity index (χ2v) is 8.33. The van der Waals surface area contributed by atoms with E-state index < -0.39 is 11.2 Å². The molecule has 0 aliphatic carbocycles. The zero-order valence-corrected chi connectivity index (χ0v) is 15.8. The maximum Gasteiger partial charge on any atom is 0.410 e. The zero-order chi connectivity index (χ0) is 16.5. The molecule has 1 N–H and O–H groups in total. The van der Waals surface area contributed by atoms with E-state index in [1.54, 1.807) is 4.90 Å². The van der Waals surface area contributed by atoms with Crippen molar-refractivity contribution in [2.75, 3.05) is 13.1 Å². The van der Waals surface area contributed by atoms with Crippen molar-refractivity contribution in [3.05, 3.63) is 16.6 Å². The first kappa shape index (κ1) is 17.7. The Labute approximate surface area is 144 Å². The highest BCUT2D eigenvalue weighted by atomic mass is 79.9. The molecule has 1 unspecified atom stereocenters. The summed E-state index contributed by atoms with van der Waals surface area (Å²) < 4.78 is 9.65. The molecule has 0 bridgehead atoms. The van der Waals surface area contributed by atoms with Gasteiger partial charge in [0.2, 0.25) is 0 Å². The predicted octanol–water partition coefficient (Wildman–Crippen LogP) is 3.65. The number of nitrogens with zero attached hydrogens (tertiary/aromatic N) is 2. The Morgan fingerprint density at radius 3 is 2.55 bits per heavy atom. The number of hydrogen-bond acceptors (Lipinski definition) is 5. The van der Waals surface area contributed by atoms with Gasteiger partial charge in [0.15, 0.2) is 0 Å². The van der Waals surface area contributed by atoms with Crippen LogP contribution in [-0.2, 0) is 4.74 Å². The number of aryl methyl sites for hydroxylation is 1. The van der Waals surface area contributed by atoms with Gasteiger partial charge in [-0.05, 0) is 52.1 Å². The van der Waals surface area contributed by atoms with Crippen LogP contribution in [0.15, 0.2) is 5.38 Å². The molecule has 0 spiro atoms. The number of likely N-dealkylation sites (tertiary alicyclic amines) is 1. The molecule has 5 nitrogen and oxygen atoms in total. The molecule has 124 valence electrons. The Morgan fingerprint density at radius 1 is 1.50 bits per heavy atom. The number of amides is 1. The summed E-state index contributed by atoms with van der Waals surface area (Å²) in [6.07, 6.45) is 0.712. The maximum atomic E-state index is 12.1. The highest BCUT2D eigenvalue weighted by molar-refractivity contribution is 9.09. The Kier molecular flexibility index (Phi) is 5.19. The largest absolute Gasteiger partial charge is 0.444 e. The number of alkyl halides is 1. The van der Waals surface area contributed by atoms with Crippen LogP contribution in [0.4, 0.5) is 4.79 Å². The predicted molar refractivity (Wildman–Crippen MR) is 90.5 cm³/mol. The summed E-state index contributed by atoms with van der Waals surface area (Å²) in [7, 11) is 0. The Bertz CT molecular complexity index is 533. The molecular formula is C15H23BrN2O3S. The molecule has 0 saturated carbocycles. The number of ether oxygens (including phenoxy) is 1. The molecule has 2 rings (SSSR count). The molecule has 7 heteroatoms. The van der Waals surface area contributed by atoms with Gasteiger partial charge in [0.05, 0.1) is 16.1 Å². The van der Waals surface area contributed by atoms with Crippen LogP contribution < -0.4 is 0 Å². The van der Waals surface area contributed by atoms with E-state index in [0.29, 0.717) is 25.9 Å². The van der Waals surface area contributed by atoms with E-state index in [1.165, 1.54) is 11.5 Å². The van der Waals surface area contributed by atoms with Crippen molar-refractivity contribution in [3.63, 3.8) is 0 Å². The summed E-state index contributed by atoms with van der Waals surface area (Å²) in [6, 6.07) is 0. The minimum atomic E-state index is -0.869. The minimum absolute atomic E-state index is 0.167. The van der Waals surface area contributed by atoms with Crippen molar-refractivity contribution in [2.45, 2.75) is 56.6 Å². The summed E-state index contributed by atoms with van der Waals surface area (Å²) >= 11 is 5.01. The number of carbonyl (C=O) groups is 1. The number of halogens is 1. The summed E-state index contributed by atoms with van der Waals surface area (Å²) in [5.41, 5.74) is 0.599. The van der Waals surface area contributed by atoms with Crippen molar-refractivity contribution in [2.24, 2.45) is 0 Å². The number of carbonyl (C=O) groups excluding carboxylic acids is 1. The second kappa shape index (κ2) is 6.45. The molecule has 1 fully saturated rings. The molecule has 0 aromatic carbocycles. The number of piperidine rings is 1. The molecule has 1 saturated heterocycles. The van der Waals surface area contributed by atoms with Crippen molar-refractivity contribution < 1.29 is 14.6 Å². The summed E-state index contributed by atoms with van der Waals surface area (Å²) in [5.74, 6) is 0. The van der Waals surface area contributed by atoms with Gasteiger partial charge in [0, 0.05) is 24.0 Å². The molecule has 1 aromatic heterocycles. The van der Waals surface area contributed by atoms with E-state index in [1.807, 2.05) is 33.1 Å². The standard InChI is InChI=1S/C15H23BrN2O3S/c1-10-11(9-22-17-10)12(16)15(20)5-7-18(8-6-15)13(19)21-14(2,3)4/h9,12,20H,5-8H2,1-4H3. The van der Waals surface area contributed by atoms with Gasteiger partial charge in [-0.1, -0.05) is 15.9 Å². The van der Waals surface area contributed by atoms with Crippen LogP contribution >= 0.6 is 27.5 Å². The van der Waals surface area contributed by atoms with Gasteiger partial charge in [-0.2, -0.15) is 4.37 Å². The lowest BCUT2D eigenvalue weighted by molar-refractivity contribution is -0.0322. The van der Waals surface area contributed by atoms with E-state index in [4.69, 9.17) is 4.74 Å². The van der Waals surface area contributed by atoms with Crippen LogP contribution in [0.1, 0.15) is 49.7 Å². The van der Waals surface area contributed by atoms with Gasteiger partial charge in [-0.25, -0.2) is 4.79 Å². The summed E-state index contributed by atoms with van der Waals surface area (Å²) in [5, 5.41) is 12.9. The summed E-state index contributed by atoms with van der Waals surface area (Å²) in [4.78, 5) is 13.6. The van der Waals surface area contributed by atoms with Crippen molar-refractivity contribution in [1.29, 1.82) is 0 Å². The van der Waals surface area contributed by atoms with Gasteiger partial charge >= 0.3 is 6.09 Å². The average molecular weight is 391 g/mol. The van der Waals surface area contributed by atoms with E-state index in [0.717, 1.165) is 11.3 Å². The van der Waals surface area contributed by atoms with Crippen LogP contribution in [0.3, 0.4) is 0 Å². The van der Waals surface area contributed by atoms with Crippen LogP contribution in [0.2, 0.25) is 0 Å². The zero-order valence-electron chi connectivity index (χ0n) is 13.4. The minimum Gasteiger partial charge on any atom is -0.444 e. The molecule has 22 heavy (non-hydrogen) atoms. The highest BCUT2D eigenvalue weighted by Gasteiger charge is 2.41. The van der Waals surface area contributed by atoms with Gasteiger partial charge in [-0.15, -0.1) is 0 Å². The third kappa shape index (κ3) is 4.00. The number of aromatic nitrogens is 1. The third-order valence-electron chi connectivity index (χ3n) is 3.81. The van der Waals surface area contributed by atoms with Gasteiger partial charge in [0.1, 0.15) is 5.60 Å². The lowest BCUT2D eigenvalue weighted by Crippen LogP contribution is -2.49. The first-order valence-electron chi connectivity index (χ1n) is 7.38. The fourth-order valence-electron chi connectivity index (χ4n) is 2.49. The molecule has 1 atom stereocenters. The highest BCUT2D eigenvalue weighted by Crippen LogP contribution is 2.42. The molecule has 1 aliphatic rings. The smallest absolute Gasteiger partial charge is 0.410 e. The SMILES string of the molecule is Cc1nscc1C(Br)C1(O)CCN(C(=O)OC(C)(C)C)CC1. The van der Waals surface area contributed by atoms with Gasteiger partial charge < -0.3 is 14.7 Å². The molecule has 0 radical (unpaired) electrons. The quantitative estimate of drug-likeness (QED) is 0.782. The lowest BCUT2D eigenvalue weighted by atomic mass is 9.85. The normalized spacial score (nSPS) is 19.8.